The lowest BCUT2D eigenvalue weighted by Gasteiger charge is -2.20. The molecule has 2 N–H and O–H groups in total. The molecule has 2 aromatic rings. The van der Waals surface area contributed by atoms with Crippen LogP contribution in [0.2, 0.25) is 0 Å². The molecule has 0 bridgehead atoms. The first-order valence-corrected chi connectivity index (χ1v) is 11.3. The molecular formula is C24H29F4N3O2. The minimum atomic E-state index is -4.13. The number of benzene rings is 1. The van der Waals surface area contributed by atoms with Crippen molar-refractivity contribution in [2.24, 2.45) is 17.8 Å². The zero-order chi connectivity index (χ0) is 23.6. The molecule has 1 aromatic heterocycles. The van der Waals surface area contributed by atoms with E-state index in [1.807, 2.05) is 18.2 Å². The van der Waals surface area contributed by atoms with Crippen molar-refractivity contribution in [2.45, 2.75) is 31.9 Å². The van der Waals surface area contributed by atoms with Crippen LogP contribution in [0.15, 0.2) is 36.5 Å². The minimum Gasteiger partial charge on any atom is -0.494 e. The van der Waals surface area contributed by atoms with E-state index >= 15 is 0 Å². The molecule has 2 aliphatic rings. The normalized spacial score (nSPS) is 23.1. The van der Waals surface area contributed by atoms with Crippen molar-refractivity contribution < 1.29 is 27.1 Å². The Balaban J connectivity index is 1.27. The number of amides is 1. The number of aromatic amines is 1. The molecule has 0 spiro atoms. The number of halogens is 4. The van der Waals surface area contributed by atoms with E-state index in [2.05, 4.69) is 16.9 Å². The summed E-state index contributed by atoms with van der Waals surface area (Å²) in [4.78, 5) is 16.8. The summed E-state index contributed by atoms with van der Waals surface area (Å²) in [5.74, 6) is 1.44. The lowest BCUT2D eigenvalue weighted by Crippen LogP contribution is -2.33. The van der Waals surface area contributed by atoms with Gasteiger partial charge in [-0.25, -0.2) is 0 Å². The standard InChI is InChI=1S/C24H29F4N3O2/c1-15(4-6-25)23(32)30-22-11-29-21-3-2-19(10-20(21)22)33-7-5-16-8-17-12-31(13-18(17)9-16)14-24(26,27)28/h2-3,10-11,16-18,29H,1,4-9,12-14H2,(H,30,32)/t16?,17-,18+. The van der Waals surface area contributed by atoms with Gasteiger partial charge in [0.25, 0.3) is 5.91 Å². The summed E-state index contributed by atoms with van der Waals surface area (Å²) in [6.45, 7) is 3.77. The minimum absolute atomic E-state index is 0.00814. The third-order valence-electron chi connectivity index (χ3n) is 6.74. The Morgan fingerprint density at radius 3 is 2.64 bits per heavy atom. The van der Waals surface area contributed by atoms with Crippen LogP contribution >= 0.6 is 0 Å². The number of ether oxygens (including phenoxy) is 1. The number of hydrogen-bond donors (Lipinski definition) is 2. The number of carbonyl (C=O) groups is 1. The van der Waals surface area contributed by atoms with E-state index in [-0.39, 0.29) is 12.0 Å². The van der Waals surface area contributed by atoms with Crippen LogP contribution in [0.3, 0.4) is 0 Å². The molecule has 1 saturated heterocycles. The van der Waals surface area contributed by atoms with E-state index < -0.39 is 25.3 Å². The highest BCUT2D eigenvalue weighted by Crippen LogP contribution is 2.43. The fourth-order valence-electron chi connectivity index (χ4n) is 5.22. The van der Waals surface area contributed by atoms with Gasteiger partial charge in [0, 0.05) is 42.2 Å². The molecule has 4 rings (SSSR count). The maximum atomic E-state index is 12.6. The Labute approximate surface area is 190 Å². The zero-order valence-electron chi connectivity index (χ0n) is 18.4. The van der Waals surface area contributed by atoms with Gasteiger partial charge in [-0.15, -0.1) is 0 Å². The molecule has 2 heterocycles. The fraction of sp³-hybridized carbons (Fsp3) is 0.542. The van der Waals surface area contributed by atoms with Crippen LogP contribution in [0.25, 0.3) is 10.9 Å². The molecule has 1 aromatic carbocycles. The number of rotatable bonds is 9. The highest BCUT2D eigenvalue weighted by atomic mass is 19.4. The number of fused-ring (bicyclic) bond motifs is 2. The van der Waals surface area contributed by atoms with Crippen molar-refractivity contribution in [3.63, 3.8) is 0 Å². The van der Waals surface area contributed by atoms with E-state index in [4.69, 9.17) is 4.74 Å². The van der Waals surface area contributed by atoms with Crippen molar-refractivity contribution in [3.8, 4) is 5.75 Å². The number of alkyl halides is 4. The lowest BCUT2D eigenvalue weighted by molar-refractivity contribution is -0.144. The van der Waals surface area contributed by atoms with E-state index in [1.54, 1.807) is 6.20 Å². The molecule has 3 atom stereocenters. The second-order valence-corrected chi connectivity index (χ2v) is 9.21. The van der Waals surface area contributed by atoms with Gasteiger partial charge in [0.05, 0.1) is 25.5 Å². The summed E-state index contributed by atoms with van der Waals surface area (Å²) in [6.07, 6.45) is 0.318. The number of H-pyrrole nitrogens is 1. The maximum absolute atomic E-state index is 12.6. The van der Waals surface area contributed by atoms with Gasteiger partial charge in [-0.3, -0.25) is 14.1 Å². The Morgan fingerprint density at radius 1 is 1.24 bits per heavy atom. The maximum Gasteiger partial charge on any atom is 0.401 e. The fourth-order valence-corrected chi connectivity index (χ4v) is 5.22. The van der Waals surface area contributed by atoms with Crippen LogP contribution in [0.4, 0.5) is 23.2 Å². The number of anilines is 1. The van der Waals surface area contributed by atoms with Gasteiger partial charge in [-0.2, -0.15) is 13.2 Å². The summed E-state index contributed by atoms with van der Waals surface area (Å²) in [5.41, 5.74) is 1.59. The summed E-state index contributed by atoms with van der Waals surface area (Å²) < 4.78 is 56.3. The summed E-state index contributed by atoms with van der Waals surface area (Å²) in [5, 5.41) is 3.54. The third-order valence-corrected chi connectivity index (χ3v) is 6.74. The van der Waals surface area contributed by atoms with Crippen molar-refractivity contribution in [3.05, 3.63) is 36.5 Å². The highest BCUT2D eigenvalue weighted by Gasteiger charge is 2.43. The first-order chi connectivity index (χ1) is 15.7. The molecule has 5 nitrogen and oxygen atoms in total. The van der Waals surface area contributed by atoms with Gasteiger partial charge in [0.15, 0.2) is 0 Å². The number of likely N-dealkylation sites (tertiary alicyclic amines) is 1. The number of hydrogen-bond acceptors (Lipinski definition) is 3. The van der Waals surface area contributed by atoms with Crippen LogP contribution in [-0.2, 0) is 4.79 Å². The molecule has 180 valence electrons. The molecule has 1 aliphatic heterocycles. The molecular weight excluding hydrogens is 438 g/mol. The molecule has 1 aliphatic carbocycles. The van der Waals surface area contributed by atoms with Crippen LogP contribution in [0, 0.1) is 17.8 Å². The number of carbonyl (C=O) groups excluding carboxylic acids is 1. The topological polar surface area (TPSA) is 57.4 Å². The van der Waals surface area contributed by atoms with Crippen LogP contribution in [-0.4, -0.2) is 54.9 Å². The van der Waals surface area contributed by atoms with Gasteiger partial charge < -0.3 is 15.0 Å². The lowest BCUT2D eigenvalue weighted by atomic mass is 10.0. The second-order valence-electron chi connectivity index (χ2n) is 9.21. The van der Waals surface area contributed by atoms with E-state index in [9.17, 15) is 22.4 Å². The predicted molar refractivity (Wildman–Crippen MR) is 119 cm³/mol. The summed E-state index contributed by atoms with van der Waals surface area (Å²) in [7, 11) is 0. The zero-order valence-corrected chi connectivity index (χ0v) is 18.4. The van der Waals surface area contributed by atoms with Gasteiger partial charge in [0.2, 0.25) is 0 Å². The predicted octanol–water partition coefficient (Wildman–Crippen LogP) is 5.31. The Bertz CT molecular complexity index is 989. The van der Waals surface area contributed by atoms with E-state index in [1.165, 1.54) is 4.90 Å². The van der Waals surface area contributed by atoms with Crippen LogP contribution in [0.5, 0.6) is 5.75 Å². The first kappa shape index (κ1) is 23.6. The van der Waals surface area contributed by atoms with Crippen molar-refractivity contribution >= 4 is 22.5 Å². The number of nitrogens with one attached hydrogen (secondary N) is 2. The highest BCUT2D eigenvalue weighted by molar-refractivity contribution is 6.08. The first-order valence-electron chi connectivity index (χ1n) is 11.3. The smallest absolute Gasteiger partial charge is 0.401 e. The number of nitrogens with zero attached hydrogens (tertiary/aromatic N) is 1. The molecule has 9 heteroatoms. The van der Waals surface area contributed by atoms with Crippen molar-refractivity contribution in [1.82, 2.24) is 9.88 Å². The van der Waals surface area contributed by atoms with Gasteiger partial charge in [-0.1, -0.05) is 6.58 Å². The molecule has 0 radical (unpaired) electrons. The second kappa shape index (κ2) is 9.75. The largest absolute Gasteiger partial charge is 0.494 e. The SMILES string of the molecule is C=C(CCF)C(=O)Nc1c[nH]c2ccc(OCCC3C[C@@H]4CN(CC(F)(F)F)C[C@@H]4C3)cc12. The average Bonchev–Trinajstić information content (AvgIpc) is 3.40. The Hall–Kier alpha value is -2.55. The monoisotopic (exact) mass is 467 g/mol. The van der Waals surface area contributed by atoms with Crippen molar-refractivity contribution in [2.75, 3.05) is 38.2 Å². The molecule has 1 saturated carbocycles. The molecule has 33 heavy (non-hydrogen) atoms. The van der Waals surface area contributed by atoms with E-state index in [0.29, 0.717) is 48.9 Å². The van der Waals surface area contributed by atoms with Crippen LogP contribution in [0.1, 0.15) is 25.7 Å². The quantitative estimate of drug-likeness (QED) is 0.388. The van der Waals surface area contributed by atoms with Crippen molar-refractivity contribution in [1.29, 1.82) is 0 Å². The molecule has 2 fully saturated rings. The summed E-state index contributed by atoms with van der Waals surface area (Å²) >= 11 is 0. The molecule has 1 unspecified atom stereocenters. The number of aromatic nitrogens is 1. The summed E-state index contributed by atoms with van der Waals surface area (Å²) in [6, 6.07) is 5.56. The Kier molecular flexibility index (Phi) is 6.97. The molecule has 1 amide bonds. The van der Waals surface area contributed by atoms with E-state index in [0.717, 1.165) is 30.2 Å². The third kappa shape index (κ3) is 5.88. The van der Waals surface area contributed by atoms with Gasteiger partial charge >= 0.3 is 6.18 Å². The van der Waals surface area contributed by atoms with Gasteiger partial charge in [0.1, 0.15) is 5.75 Å². The van der Waals surface area contributed by atoms with Crippen LogP contribution < -0.4 is 10.1 Å². The van der Waals surface area contributed by atoms with Gasteiger partial charge in [-0.05, 0) is 55.2 Å². The Morgan fingerprint density at radius 2 is 1.97 bits per heavy atom. The average molecular weight is 468 g/mol.